The lowest BCUT2D eigenvalue weighted by Crippen LogP contribution is -2.38. The molecular weight excluding hydrogens is 258 g/mol. The average molecular weight is 287 g/mol. The number of carbonyl (C=O) groups is 2. The number of unbranched alkanes of at least 4 members (excludes halogenated alkanes) is 1. The molecule has 2 amide bonds. The first kappa shape index (κ1) is 18.7. The Labute approximate surface area is 122 Å². The summed E-state index contributed by atoms with van der Waals surface area (Å²) in [5.74, 6) is -0.826. The number of aliphatic carboxylic acids is 1. The molecule has 0 bridgehead atoms. The van der Waals surface area contributed by atoms with Crippen molar-refractivity contribution in [3.63, 3.8) is 0 Å². The van der Waals surface area contributed by atoms with Gasteiger partial charge in [-0.3, -0.25) is 4.79 Å². The third-order valence-corrected chi connectivity index (χ3v) is 3.33. The van der Waals surface area contributed by atoms with E-state index in [9.17, 15) is 9.59 Å². The monoisotopic (exact) mass is 287 g/mol. The molecule has 0 fully saturated rings. The van der Waals surface area contributed by atoms with E-state index in [4.69, 9.17) is 5.11 Å². The molecule has 20 heavy (non-hydrogen) atoms. The Morgan fingerprint density at radius 3 is 2.30 bits per heavy atom. The molecule has 0 saturated heterocycles. The minimum Gasteiger partial charge on any atom is -0.481 e. The van der Waals surface area contributed by atoms with Crippen LogP contribution in [0.5, 0.6) is 0 Å². The molecule has 0 aromatic rings. The summed E-state index contributed by atoms with van der Waals surface area (Å²) < 4.78 is 0. The van der Waals surface area contributed by atoms with E-state index in [0.717, 1.165) is 19.4 Å². The minimum absolute atomic E-state index is 0.0964. The van der Waals surface area contributed by atoms with Gasteiger partial charge in [0.15, 0.2) is 0 Å². The van der Waals surface area contributed by atoms with Gasteiger partial charge < -0.3 is 20.2 Å². The van der Waals surface area contributed by atoms with Gasteiger partial charge in [0.2, 0.25) is 0 Å². The Kier molecular flexibility index (Phi) is 9.80. The molecule has 0 aliphatic heterocycles. The van der Waals surface area contributed by atoms with Crippen molar-refractivity contribution < 1.29 is 14.7 Å². The van der Waals surface area contributed by atoms with Gasteiger partial charge in [0.05, 0.1) is 0 Å². The summed E-state index contributed by atoms with van der Waals surface area (Å²) in [6, 6.07) is 0.414. The zero-order valence-electron chi connectivity index (χ0n) is 13.2. The molecule has 6 heteroatoms. The van der Waals surface area contributed by atoms with Crippen LogP contribution in [0.15, 0.2) is 0 Å². The standard InChI is InChI=1S/C14H29N3O3/c1-12(2)16(3)10-6-5-9-15-14(20)17(4)11-7-8-13(18)19/h12H,5-11H2,1-4H3,(H,15,20)(H,18,19). The summed E-state index contributed by atoms with van der Waals surface area (Å²) in [5.41, 5.74) is 0. The summed E-state index contributed by atoms with van der Waals surface area (Å²) in [7, 11) is 3.78. The molecule has 0 unspecified atom stereocenters. The summed E-state index contributed by atoms with van der Waals surface area (Å²) in [6.45, 7) is 6.48. The Bertz CT molecular complexity index is 295. The largest absolute Gasteiger partial charge is 0.481 e. The minimum atomic E-state index is -0.826. The molecule has 2 N–H and O–H groups in total. The van der Waals surface area contributed by atoms with Crippen LogP contribution in [0.3, 0.4) is 0 Å². The number of hydrogen-bond donors (Lipinski definition) is 2. The first-order valence-electron chi connectivity index (χ1n) is 7.25. The van der Waals surface area contributed by atoms with Gasteiger partial charge in [0, 0.05) is 32.6 Å². The summed E-state index contributed by atoms with van der Waals surface area (Å²) in [6.07, 6.45) is 2.58. The van der Waals surface area contributed by atoms with Gasteiger partial charge in [-0.25, -0.2) is 4.79 Å². The zero-order chi connectivity index (χ0) is 15.5. The second-order valence-electron chi connectivity index (χ2n) is 5.43. The first-order chi connectivity index (χ1) is 9.34. The third-order valence-electron chi connectivity index (χ3n) is 3.33. The molecule has 0 atom stereocenters. The van der Waals surface area contributed by atoms with Crippen LogP contribution in [-0.2, 0) is 4.79 Å². The van der Waals surface area contributed by atoms with Crippen molar-refractivity contribution >= 4 is 12.0 Å². The van der Waals surface area contributed by atoms with E-state index in [2.05, 4.69) is 31.1 Å². The highest BCUT2D eigenvalue weighted by molar-refractivity contribution is 5.73. The maximum atomic E-state index is 11.7. The number of nitrogens with zero attached hydrogens (tertiary/aromatic N) is 2. The smallest absolute Gasteiger partial charge is 0.317 e. The van der Waals surface area contributed by atoms with Crippen molar-refractivity contribution in [2.45, 2.75) is 45.6 Å². The second-order valence-corrected chi connectivity index (χ2v) is 5.43. The van der Waals surface area contributed by atoms with Crippen molar-refractivity contribution in [2.75, 3.05) is 33.7 Å². The van der Waals surface area contributed by atoms with Gasteiger partial charge >= 0.3 is 12.0 Å². The molecule has 0 saturated carbocycles. The predicted molar refractivity (Wildman–Crippen MR) is 79.9 cm³/mol. The fourth-order valence-corrected chi connectivity index (χ4v) is 1.64. The van der Waals surface area contributed by atoms with Crippen molar-refractivity contribution in [2.24, 2.45) is 0 Å². The van der Waals surface area contributed by atoms with Gasteiger partial charge in [-0.1, -0.05) is 0 Å². The fraction of sp³-hybridized carbons (Fsp3) is 0.857. The average Bonchev–Trinajstić information content (AvgIpc) is 2.36. The number of rotatable bonds is 10. The predicted octanol–water partition coefficient (Wildman–Crippen LogP) is 1.61. The van der Waals surface area contributed by atoms with E-state index in [-0.39, 0.29) is 12.5 Å². The quantitative estimate of drug-likeness (QED) is 0.599. The molecule has 0 heterocycles. The lowest BCUT2D eigenvalue weighted by molar-refractivity contribution is -0.137. The Morgan fingerprint density at radius 2 is 1.75 bits per heavy atom. The van der Waals surface area contributed by atoms with Crippen LogP contribution in [0, 0.1) is 0 Å². The SMILES string of the molecule is CC(C)N(C)CCCCNC(=O)N(C)CCCC(=O)O. The third kappa shape index (κ3) is 9.61. The lowest BCUT2D eigenvalue weighted by Gasteiger charge is -2.21. The molecule has 0 aliphatic carbocycles. The molecule has 0 aromatic carbocycles. The van der Waals surface area contributed by atoms with Gasteiger partial charge in [-0.2, -0.15) is 0 Å². The number of nitrogens with one attached hydrogen (secondary N) is 1. The number of urea groups is 1. The molecule has 0 rings (SSSR count). The maximum absolute atomic E-state index is 11.7. The van der Waals surface area contributed by atoms with Gasteiger partial charge in [0.25, 0.3) is 0 Å². The highest BCUT2D eigenvalue weighted by Crippen LogP contribution is 1.98. The second kappa shape index (κ2) is 10.5. The molecule has 0 spiro atoms. The lowest BCUT2D eigenvalue weighted by atomic mass is 10.2. The van der Waals surface area contributed by atoms with Crippen molar-refractivity contribution in [3.05, 3.63) is 0 Å². The normalized spacial score (nSPS) is 10.9. The number of carbonyl (C=O) groups excluding carboxylic acids is 1. The molecule has 6 nitrogen and oxygen atoms in total. The van der Waals surface area contributed by atoms with Gasteiger partial charge in [0.1, 0.15) is 0 Å². The zero-order valence-corrected chi connectivity index (χ0v) is 13.2. The van der Waals surface area contributed by atoms with E-state index in [1.54, 1.807) is 7.05 Å². The van der Waals surface area contributed by atoms with Crippen LogP contribution in [0.25, 0.3) is 0 Å². The van der Waals surface area contributed by atoms with Crippen molar-refractivity contribution in [3.8, 4) is 0 Å². The molecular formula is C14H29N3O3. The van der Waals surface area contributed by atoms with Gasteiger partial charge in [-0.15, -0.1) is 0 Å². The Hall–Kier alpha value is -1.30. The number of hydrogen-bond acceptors (Lipinski definition) is 3. The van der Waals surface area contributed by atoms with Crippen LogP contribution in [0.2, 0.25) is 0 Å². The van der Waals surface area contributed by atoms with E-state index in [1.165, 1.54) is 4.90 Å². The molecule has 0 radical (unpaired) electrons. The summed E-state index contributed by atoms with van der Waals surface area (Å²) in [5, 5.41) is 11.4. The highest BCUT2D eigenvalue weighted by atomic mass is 16.4. The van der Waals surface area contributed by atoms with E-state index >= 15 is 0 Å². The number of carboxylic acid groups (broad SMARTS) is 1. The van der Waals surface area contributed by atoms with Crippen LogP contribution in [0.1, 0.15) is 39.5 Å². The van der Waals surface area contributed by atoms with E-state index < -0.39 is 5.97 Å². The molecule has 0 aromatic heterocycles. The Morgan fingerprint density at radius 1 is 1.10 bits per heavy atom. The van der Waals surface area contributed by atoms with E-state index in [1.807, 2.05) is 0 Å². The van der Waals surface area contributed by atoms with Crippen LogP contribution in [0.4, 0.5) is 4.79 Å². The maximum Gasteiger partial charge on any atom is 0.317 e. The number of carboxylic acids is 1. The van der Waals surface area contributed by atoms with Crippen molar-refractivity contribution in [1.82, 2.24) is 15.1 Å². The van der Waals surface area contributed by atoms with Crippen molar-refractivity contribution in [1.29, 1.82) is 0 Å². The van der Waals surface area contributed by atoms with E-state index in [0.29, 0.717) is 25.6 Å². The first-order valence-corrected chi connectivity index (χ1v) is 7.25. The van der Waals surface area contributed by atoms with Crippen LogP contribution < -0.4 is 5.32 Å². The topological polar surface area (TPSA) is 72.9 Å². The summed E-state index contributed by atoms with van der Waals surface area (Å²) in [4.78, 5) is 25.9. The fourth-order valence-electron chi connectivity index (χ4n) is 1.64. The Balaban J connectivity index is 3.59. The van der Waals surface area contributed by atoms with Crippen LogP contribution >= 0.6 is 0 Å². The highest BCUT2D eigenvalue weighted by Gasteiger charge is 2.08. The van der Waals surface area contributed by atoms with Crippen LogP contribution in [-0.4, -0.2) is 66.7 Å². The number of amides is 2. The molecule has 0 aliphatic rings. The molecule has 118 valence electrons. The summed E-state index contributed by atoms with van der Waals surface area (Å²) >= 11 is 0. The van der Waals surface area contributed by atoms with Gasteiger partial charge in [-0.05, 0) is 46.7 Å².